The normalized spacial score (nSPS) is 10.3. The molecule has 0 atom stereocenters. The van der Waals surface area contributed by atoms with E-state index in [1.807, 2.05) is 30.3 Å². The van der Waals surface area contributed by atoms with Crippen LogP contribution in [0.25, 0.3) is 0 Å². The monoisotopic (exact) mass is 368 g/mol. The lowest BCUT2D eigenvalue weighted by Crippen LogP contribution is -2.31. The highest BCUT2D eigenvalue weighted by Gasteiger charge is 2.12. The zero-order valence-electron chi connectivity index (χ0n) is 15.4. The number of hydrogen-bond donors (Lipinski definition) is 2. The van der Waals surface area contributed by atoms with E-state index < -0.39 is 5.97 Å². The van der Waals surface area contributed by atoms with Crippen molar-refractivity contribution in [3.63, 3.8) is 0 Å². The van der Waals surface area contributed by atoms with Crippen molar-refractivity contribution < 1.29 is 19.5 Å². The minimum Gasteiger partial charge on any atom is -0.481 e. The number of carboxylic acid groups (broad SMARTS) is 1. The van der Waals surface area contributed by atoms with Crippen LogP contribution in [-0.4, -0.2) is 34.3 Å². The first-order valence-corrected chi connectivity index (χ1v) is 8.84. The SMILES string of the molecule is CC(=O)N(CCC(=O)Nc1ccc(CCC(=O)O)cc1)Cc1ccccc1. The van der Waals surface area contributed by atoms with Crippen LogP contribution in [-0.2, 0) is 27.3 Å². The van der Waals surface area contributed by atoms with Crippen molar-refractivity contribution in [3.05, 3.63) is 65.7 Å². The van der Waals surface area contributed by atoms with E-state index in [-0.39, 0.29) is 24.7 Å². The highest BCUT2D eigenvalue weighted by Crippen LogP contribution is 2.12. The quantitative estimate of drug-likeness (QED) is 0.712. The lowest BCUT2D eigenvalue weighted by molar-refractivity contribution is -0.137. The first-order valence-electron chi connectivity index (χ1n) is 8.84. The van der Waals surface area contributed by atoms with Gasteiger partial charge in [0, 0.05) is 38.5 Å². The van der Waals surface area contributed by atoms with Crippen LogP contribution in [0.2, 0.25) is 0 Å². The van der Waals surface area contributed by atoms with Gasteiger partial charge in [-0.25, -0.2) is 0 Å². The maximum Gasteiger partial charge on any atom is 0.303 e. The standard InChI is InChI=1S/C21H24N2O4/c1-16(24)23(15-18-5-3-2-4-6-18)14-13-20(25)22-19-10-7-17(8-11-19)9-12-21(26)27/h2-8,10-11H,9,12-15H2,1H3,(H,22,25)(H,26,27). The molecule has 0 aliphatic rings. The maximum atomic E-state index is 12.2. The summed E-state index contributed by atoms with van der Waals surface area (Å²) in [7, 11) is 0. The van der Waals surface area contributed by atoms with Crippen LogP contribution in [0, 0.1) is 0 Å². The number of carboxylic acids is 1. The fourth-order valence-electron chi connectivity index (χ4n) is 2.62. The number of nitrogens with one attached hydrogen (secondary N) is 1. The second-order valence-corrected chi connectivity index (χ2v) is 6.32. The average Bonchev–Trinajstić information content (AvgIpc) is 2.65. The molecule has 27 heavy (non-hydrogen) atoms. The molecule has 0 unspecified atom stereocenters. The van der Waals surface area contributed by atoms with Gasteiger partial charge < -0.3 is 15.3 Å². The second-order valence-electron chi connectivity index (χ2n) is 6.32. The van der Waals surface area contributed by atoms with Crippen LogP contribution in [0.3, 0.4) is 0 Å². The third kappa shape index (κ3) is 7.32. The average molecular weight is 368 g/mol. The molecule has 0 saturated heterocycles. The third-order valence-corrected chi connectivity index (χ3v) is 4.14. The Balaban J connectivity index is 1.83. The molecule has 0 aliphatic heterocycles. The minimum atomic E-state index is -0.835. The van der Waals surface area contributed by atoms with Crippen molar-refractivity contribution in [1.29, 1.82) is 0 Å². The van der Waals surface area contributed by atoms with Crippen molar-refractivity contribution >= 4 is 23.5 Å². The van der Waals surface area contributed by atoms with Gasteiger partial charge in [0.2, 0.25) is 11.8 Å². The molecule has 2 rings (SSSR count). The predicted octanol–water partition coefficient (Wildman–Crippen LogP) is 3.08. The fourth-order valence-corrected chi connectivity index (χ4v) is 2.62. The van der Waals surface area contributed by atoms with E-state index in [0.29, 0.717) is 25.2 Å². The van der Waals surface area contributed by atoms with E-state index in [9.17, 15) is 14.4 Å². The highest BCUT2D eigenvalue weighted by molar-refractivity contribution is 5.91. The van der Waals surface area contributed by atoms with Crippen LogP contribution in [0.15, 0.2) is 54.6 Å². The van der Waals surface area contributed by atoms with Gasteiger partial charge in [0.05, 0.1) is 0 Å². The van der Waals surface area contributed by atoms with E-state index in [4.69, 9.17) is 5.11 Å². The number of carbonyl (C=O) groups excluding carboxylic acids is 2. The second kappa shape index (κ2) is 10.1. The van der Waals surface area contributed by atoms with Crippen LogP contribution >= 0.6 is 0 Å². The van der Waals surface area contributed by atoms with E-state index in [1.165, 1.54) is 6.92 Å². The van der Waals surface area contributed by atoms with Crippen molar-refractivity contribution in [2.75, 3.05) is 11.9 Å². The first kappa shape index (κ1) is 20.2. The van der Waals surface area contributed by atoms with Crippen molar-refractivity contribution in [2.24, 2.45) is 0 Å². The predicted molar refractivity (Wildman–Crippen MR) is 103 cm³/mol. The zero-order chi connectivity index (χ0) is 19.6. The molecule has 2 aromatic rings. The lowest BCUT2D eigenvalue weighted by atomic mass is 10.1. The first-order chi connectivity index (χ1) is 12.9. The number of aliphatic carboxylic acids is 1. The Morgan fingerprint density at radius 2 is 1.59 bits per heavy atom. The van der Waals surface area contributed by atoms with Gasteiger partial charge >= 0.3 is 5.97 Å². The topological polar surface area (TPSA) is 86.7 Å². The van der Waals surface area contributed by atoms with Gasteiger partial charge in [-0.05, 0) is 29.7 Å². The Morgan fingerprint density at radius 3 is 2.19 bits per heavy atom. The van der Waals surface area contributed by atoms with Crippen LogP contribution in [0.5, 0.6) is 0 Å². The van der Waals surface area contributed by atoms with Gasteiger partial charge in [-0.3, -0.25) is 14.4 Å². The Morgan fingerprint density at radius 1 is 0.926 bits per heavy atom. The molecule has 0 saturated carbocycles. The molecule has 0 heterocycles. The molecule has 142 valence electrons. The molecule has 6 nitrogen and oxygen atoms in total. The van der Waals surface area contributed by atoms with Crippen LogP contribution in [0.1, 0.15) is 30.9 Å². The van der Waals surface area contributed by atoms with Crippen molar-refractivity contribution in [3.8, 4) is 0 Å². The maximum absolute atomic E-state index is 12.2. The summed E-state index contributed by atoms with van der Waals surface area (Å²) >= 11 is 0. The highest BCUT2D eigenvalue weighted by atomic mass is 16.4. The molecular formula is C21H24N2O4. The van der Waals surface area contributed by atoms with Crippen molar-refractivity contribution in [2.45, 2.75) is 32.7 Å². The lowest BCUT2D eigenvalue weighted by Gasteiger charge is -2.21. The molecule has 6 heteroatoms. The molecule has 0 bridgehead atoms. The van der Waals surface area contributed by atoms with Gasteiger partial charge in [-0.15, -0.1) is 0 Å². The van der Waals surface area contributed by atoms with Gasteiger partial charge in [0.15, 0.2) is 0 Å². The number of anilines is 1. The fraction of sp³-hybridized carbons (Fsp3) is 0.286. The molecule has 0 spiro atoms. The number of rotatable bonds is 9. The van der Waals surface area contributed by atoms with Gasteiger partial charge in [0.25, 0.3) is 0 Å². The summed E-state index contributed by atoms with van der Waals surface area (Å²) in [4.78, 5) is 36.2. The van der Waals surface area contributed by atoms with E-state index in [0.717, 1.165) is 11.1 Å². The van der Waals surface area contributed by atoms with E-state index in [1.54, 1.807) is 29.2 Å². The minimum absolute atomic E-state index is 0.0746. The summed E-state index contributed by atoms with van der Waals surface area (Å²) in [6, 6.07) is 16.8. The van der Waals surface area contributed by atoms with Crippen LogP contribution < -0.4 is 5.32 Å². The molecule has 2 N–H and O–H groups in total. The molecule has 2 amide bonds. The molecule has 2 aromatic carbocycles. The summed E-state index contributed by atoms with van der Waals surface area (Å²) < 4.78 is 0. The van der Waals surface area contributed by atoms with Gasteiger partial charge in [-0.1, -0.05) is 42.5 Å². The summed E-state index contributed by atoms with van der Waals surface area (Å²) in [6.45, 7) is 2.31. The number of amides is 2. The Bertz CT molecular complexity index is 773. The number of benzene rings is 2. The zero-order valence-corrected chi connectivity index (χ0v) is 15.4. The summed E-state index contributed by atoms with van der Waals surface area (Å²) in [6.07, 6.45) is 0.734. The Labute approximate surface area is 158 Å². The number of hydrogen-bond acceptors (Lipinski definition) is 3. The molecule has 0 aliphatic carbocycles. The Hall–Kier alpha value is -3.15. The van der Waals surface area contributed by atoms with E-state index >= 15 is 0 Å². The third-order valence-electron chi connectivity index (χ3n) is 4.14. The summed E-state index contributed by atoms with van der Waals surface area (Å²) in [5, 5.41) is 11.5. The van der Waals surface area contributed by atoms with Gasteiger partial charge in [-0.2, -0.15) is 0 Å². The Kier molecular flexibility index (Phi) is 7.55. The summed E-state index contributed by atoms with van der Waals surface area (Å²) in [5.41, 5.74) is 2.57. The molecule has 0 radical (unpaired) electrons. The van der Waals surface area contributed by atoms with Gasteiger partial charge in [0.1, 0.15) is 0 Å². The largest absolute Gasteiger partial charge is 0.481 e. The van der Waals surface area contributed by atoms with E-state index in [2.05, 4.69) is 5.32 Å². The molecular weight excluding hydrogens is 344 g/mol. The molecule has 0 fully saturated rings. The van der Waals surface area contributed by atoms with Crippen LogP contribution in [0.4, 0.5) is 5.69 Å². The number of nitrogens with zero attached hydrogens (tertiary/aromatic N) is 1. The van der Waals surface area contributed by atoms with Crippen molar-refractivity contribution in [1.82, 2.24) is 4.90 Å². The summed E-state index contributed by atoms with van der Waals surface area (Å²) in [5.74, 6) is -1.08. The smallest absolute Gasteiger partial charge is 0.303 e. The number of carbonyl (C=O) groups is 3. The number of aryl methyl sites for hydroxylation is 1. The molecule has 0 aromatic heterocycles.